The van der Waals surface area contributed by atoms with Crippen LogP contribution >= 0.6 is 0 Å². The van der Waals surface area contributed by atoms with Gasteiger partial charge in [-0.15, -0.1) is 0 Å². The van der Waals surface area contributed by atoms with Gasteiger partial charge in [0.05, 0.1) is 18.4 Å². The lowest BCUT2D eigenvalue weighted by Crippen LogP contribution is -2.51. The third-order valence-corrected chi connectivity index (χ3v) is 8.17. The minimum atomic E-state index is -3.90. The van der Waals surface area contributed by atoms with Crippen LogP contribution in [0.5, 0.6) is 5.88 Å². The Morgan fingerprint density at radius 3 is 2.69 bits per heavy atom. The van der Waals surface area contributed by atoms with Crippen molar-refractivity contribution in [2.45, 2.75) is 67.3 Å². The van der Waals surface area contributed by atoms with Gasteiger partial charge in [-0.2, -0.15) is 19.6 Å². The van der Waals surface area contributed by atoms with Crippen LogP contribution in [0.1, 0.15) is 38.2 Å². The number of rotatable bonds is 6. The molecule has 2 unspecified atom stereocenters. The van der Waals surface area contributed by atoms with E-state index in [0.717, 1.165) is 10.5 Å². The third-order valence-electron chi connectivity index (χ3n) is 6.35. The molecule has 0 bridgehead atoms. The Labute approximate surface area is 205 Å². The molecule has 2 N–H and O–H groups in total. The summed E-state index contributed by atoms with van der Waals surface area (Å²) in [5, 5.41) is 26.5. The Balaban J connectivity index is 1.45. The maximum atomic E-state index is 15.0. The van der Waals surface area contributed by atoms with Gasteiger partial charge in [0, 0.05) is 39.2 Å². The third kappa shape index (κ3) is 5.40. The fraction of sp³-hybridized carbons (Fsp3) is 0.619. The number of piperidine rings is 1. The molecular formula is C21H26F3N7O4S. The van der Waals surface area contributed by atoms with Crippen LogP contribution in [0.25, 0.3) is 0 Å². The zero-order valence-corrected chi connectivity index (χ0v) is 20.4. The van der Waals surface area contributed by atoms with Crippen LogP contribution in [-0.4, -0.2) is 80.5 Å². The standard InChI is InChI=1S/C21H26F3N7O4S/c1-20(32)12-21(23,24)5-3-17(20)35-18-13(7-25)8-26-19(29-18)28-16-4-6-31(11-15(16)22)36(33,34)14-9-27-30(2)10-14/h8-10,15-17,32H,3-6,11-12H2,1-2H3,(H,26,28,29)/t15-,16-,17?,20?/m1/s1. The lowest BCUT2D eigenvalue weighted by molar-refractivity contribution is -0.162. The van der Waals surface area contributed by atoms with Crippen molar-refractivity contribution in [3.63, 3.8) is 0 Å². The number of nitrogens with one attached hydrogen (secondary N) is 1. The van der Waals surface area contributed by atoms with Crippen molar-refractivity contribution < 1.29 is 31.4 Å². The highest BCUT2D eigenvalue weighted by Gasteiger charge is 2.49. The quantitative estimate of drug-likeness (QED) is 0.570. The normalized spacial score (nSPS) is 28.9. The largest absolute Gasteiger partial charge is 0.470 e. The molecule has 0 aromatic carbocycles. The highest BCUT2D eigenvalue weighted by molar-refractivity contribution is 7.89. The van der Waals surface area contributed by atoms with E-state index in [1.807, 2.05) is 6.07 Å². The van der Waals surface area contributed by atoms with Gasteiger partial charge in [0.2, 0.25) is 21.9 Å². The van der Waals surface area contributed by atoms with Crippen LogP contribution in [0.2, 0.25) is 0 Å². The molecule has 0 spiro atoms. The topological polar surface area (TPSA) is 146 Å². The van der Waals surface area contributed by atoms with Gasteiger partial charge in [0.15, 0.2) is 0 Å². The van der Waals surface area contributed by atoms with Gasteiger partial charge < -0.3 is 15.2 Å². The Morgan fingerprint density at radius 2 is 2.08 bits per heavy atom. The van der Waals surface area contributed by atoms with Gasteiger partial charge in [-0.3, -0.25) is 4.68 Å². The molecule has 0 amide bonds. The second-order valence-electron chi connectivity index (χ2n) is 9.33. The summed E-state index contributed by atoms with van der Waals surface area (Å²) in [5.74, 6) is -3.34. The second-order valence-corrected chi connectivity index (χ2v) is 11.3. The first-order valence-corrected chi connectivity index (χ1v) is 12.7. The van der Waals surface area contributed by atoms with Gasteiger partial charge in [0.1, 0.15) is 34.4 Å². The summed E-state index contributed by atoms with van der Waals surface area (Å²) in [6, 6.07) is 1.02. The molecule has 1 saturated carbocycles. The Bertz CT molecular complexity index is 1260. The minimum absolute atomic E-state index is 0.0304. The average molecular weight is 530 g/mol. The number of alkyl halides is 3. The van der Waals surface area contributed by atoms with E-state index in [9.17, 15) is 32.0 Å². The molecule has 1 aliphatic carbocycles. The summed E-state index contributed by atoms with van der Waals surface area (Å²) < 4.78 is 76.0. The number of nitrogens with zero attached hydrogens (tertiary/aromatic N) is 6. The number of anilines is 1. The van der Waals surface area contributed by atoms with Crippen molar-refractivity contribution in [2.24, 2.45) is 7.05 Å². The van der Waals surface area contributed by atoms with Crippen molar-refractivity contribution in [2.75, 3.05) is 18.4 Å². The highest BCUT2D eigenvalue weighted by Crippen LogP contribution is 2.41. The summed E-state index contributed by atoms with van der Waals surface area (Å²) in [6.07, 6.45) is -0.305. The zero-order chi connectivity index (χ0) is 26.3. The van der Waals surface area contributed by atoms with Gasteiger partial charge in [-0.05, 0) is 19.8 Å². The molecular weight excluding hydrogens is 503 g/mol. The van der Waals surface area contributed by atoms with Crippen molar-refractivity contribution in [1.82, 2.24) is 24.1 Å². The van der Waals surface area contributed by atoms with Crippen molar-refractivity contribution in [3.05, 3.63) is 24.2 Å². The second kappa shape index (κ2) is 9.49. The molecule has 4 rings (SSSR count). The molecule has 2 aliphatic rings. The maximum absolute atomic E-state index is 15.0. The number of aromatic nitrogens is 4. The minimum Gasteiger partial charge on any atom is -0.470 e. The van der Waals surface area contributed by atoms with E-state index in [1.165, 1.54) is 24.0 Å². The van der Waals surface area contributed by atoms with E-state index in [-0.39, 0.29) is 41.7 Å². The monoisotopic (exact) mass is 529 g/mol. The molecule has 11 nitrogen and oxygen atoms in total. The van der Waals surface area contributed by atoms with Gasteiger partial charge >= 0.3 is 0 Å². The molecule has 1 saturated heterocycles. The van der Waals surface area contributed by atoms with Crippen LogP contribution in [0.15, 0.2) is 23.5 Å². The number of aryl methyl sites for hydroxylation is 1. The van der Waals surface area contributed by atoms with E-state index in [0.29, 0.717) is 0 Å². The number of hydrogen-bond donors (Lipinski definition) is 2. The Hall–Kier alpha value is -2.96. The van der Waals surface area contributed by atoms with E-state index in [4.69, 9.17) is 4.74 Å². The number of halogens is 3. The highest BCUT2D eigenvalue weighted by atomic mass is 32.2. The SMILES string of the molecule is Cn1cc(S(=O)(=O)N2CC[C@@H](Nc3ncc(C#N)c(OC4CCC(F)(F)CC4(C)O)n3)[C@H](F)C2)cn1. The lowest BCUT2D eigenvalue weighted by atomic mass is 9.81. The average Bonchev–Trinajstić information content (AvgIpc) is 3.23. The molecule has 4 atom stereocenters. The fourth-order valence-electron chi connectivity index (χ4n) is 4.41. The number of sulfonamides is 1. The van der Waals surface area contributed by atoms with Gasteiger partial charge in [-0.1, -0.05) is 0 Å². The van der Waals surface area contributed by atoms with Crippen molar-refractivity contribution >= 4 is 16.0 Å². The smallest absolute Gasteiger partial charge is 0.251 e. The zero-order valence-electron chi connectivity index (χ0n) is 19.6. The van der Waals surface area contributed by atoms with Crippen LogP contribution in [-0.2, 0) is 17.1 Å². The van der Waals surface area contributed by atoms with E-state index < -0.39 is 59.3 Å². The van der Waals surface area contributed by atoms with E-state index >= 15 is 0 Å². The first kappa shape index (κ1) is 26.1. The molecule has 2 fully saturated rings. The van der Waals surface area contributed by atoms with Gasteiger partial charge in [-0.25, -0.2) is 26.6 Å². The number of ether oxygens (including phenoxy) is 1. The Morgan fingerprint density at radius 1 is 1.33 bits per heavy atom. The van der Waals surface area contributed by atoms with Crippen molar-refractivity contribution in [3.8, 4) is 11.9 Å². The molecule has 0 radical (unpaired) electrons. The summed E-state index contributed by atoms with van der Waals surface area (Å²) in [4.78, 5) is 8.07. The van der Waals surface area contributed by atoms with E-state index in [2.05, 4.69) is 20.4 Å². The number of nitriles is 1. The van der Waals surface area contributed by atoms with Crippen molar-refractivity contribution in [1.29, 1.82) is 5.26 Å². The molecule has 15 heteroatoms. The first-order chi connectivity index (χ1) is 16.8. The summed E-state index contributed by atoms with van der Waals surface area (Å²) in [5.41, 5.74) is -1.94. The predicted molar refractivity (Wildman–Crippen MR) is 119 cm³/mol. The van der Waals surface area contributed by atoms with Crippen LogP contribution in [0.4, 0.5) is 19.1 Å². The molecule has 36 heavy (non-hydrogen) atoms. The molecule has 2 aromatic rings. The predicted octanol–water partition coefficient (Wildman–Crippen LogP) is 1.61. The number of aliphatic hydroxyl groups is 1. The molecule has 2 aromatic heterocycles. The molecule has 3 heterocycles. The van der Waals surface area contributed by atoms with Crippen LogP contribution in [0.3, 0.4) is 0 Å². The summed E-state index contributed by atoms with van der Waals surface area (Å²) in [6.45, 7) is 0.875. The summed E-state index contributed by atoms with van der Waals surface area (Å²) >= 11 is 0. The fourth-order valence-corrected chi connectivity index (χ4v) is 5.86. The van der Waals surface area contributed by atoms with E-state index in [1.54, 1.807) is 7.05 Å². The van der Waals surface area contributed by atoms with Gasteiger partial charge in [0.25, 0.3) is 5.92 Å². The maximum Gasteiger partial charge on any atom is 0.251 e. The Kier molecular flexibility index (Phi) is 6.88. The van der Waals surface area contributed by atoms with Crippen LogP contribution in [0, 0.1) is 11.3 Å². The summed E-state index contributed by atoms with van der Waals surface area (Å²) in [7, 11) is -2.33. The number of hydrogen-bond acceptors (Lipinski definition) is 9. The lowest BCUT2D eigenvalue weighted by Gasteiger charge is -2.40. The molecule has 196 valence electrons. The van der Waals surface area contributed by atoms with Crippen LogP contribution < -0.4 is 10.1 Å². The molecule has 1 aliphatic heterocycles. The first-order valence-electron chi connectivity index (χ1n) is 11.2.